The van der Waals surface area contributed by atoms with Crippen LogP contribution in [0.25, 0.3) is 0 Å². The van der Waals surface area contributed by atoms with Gasteiger partial charge in [-0.1, -0.05) is 25.3 Å². The minimum absolute atomic E-state index is 0.705. The molecule has 12 heavy (non-hydrogen) atoms. The van der Waals surface area contributed by atoms with Crippen molar-refractivity contribution in [3.63, 3.8) is 0 Å². The molecule has 0 aromatic rings. The standard InChI is InChI=1S/C10H18N2/c1-12-8-10(11)7-9-5-3-2-4-6-9/h7-9H,2-6,11H2,1H3/b10-7+,12-8?. The van der Waals surface area contributed by atoms with E-state index in [2.05, 4.69) is 11.1 Å². The molecule has 0 unspecified atom stereocenters. The normalized spacial score (nSPS) is 21.9. The van der Waals surface area contributed by atoms with Crippen molar-refractivity contribution in [1.29, 1.82) is 0 Å². The lowest BCUT2D eigenvalue weighted by Gasteiger charge is -2.18. The van der Waals surface area contributed by atoms with Crippen molar-refractivity contribution in [2.45, 2.75) is 32.1 Å². The van der Waals surface area contributed by atoms with E-state index in [1.54, 1.807) is 13.3 Å². The molecule has 1 saturated carbocycles. The minimum atomic E-state index is 0.705. The SMILES string of the molecule is CN=C/C(N)=C\C1CCCCC1. The van der Waals surface area contributed by atoms with Crippen molar-refractivity contribution < 1.29 is 0 Å². The van der Waals surface area contributed by atoms with Crippen LogP contribution < -0.4 is 5.73 Å². The Balaban J connectivity index is 2.41. The zero-order valence-corrected chi connectivity index (χ0v) is 7.79. The average molecular weight is 166 g/mol. The number of allylic oxidation sites excluding steroid dienone is 2. The van der Waals surface area contributed by atoms with Gasteiger partial charge in [-0.3, -0.25) is 4.99 Å². The fourth-order valence-electron chi connectivity index (χ4n) is 1.77. The second kappa shape index (κ2) is 4.96. The summed E-state index contributed by atoms with van der Waals surface area (Å²) in [7, 11) is 1.75. The molecule has 2 nitrogen and oxygen atoms in total. The summed E-state index contributed by atoms with van der Waals surface area (Å²) < 4.78 is 0. The lowest BCUT2D eigenvalue weighted by Crippen LogP contribution is -2.07. The molecule has 1 fully saturated rings. The monoisotopic (exact) mass is 166 g/mol. The van der Waals surface area contributed by atoms with Crippen LogP contribution in [0.5, 0.6) is 0 Å². The summed E-state index contributed by atoms with van der Waals surface area (Å²) in [5.74, 6) is 0.705. The Morgan fingerprint density at radius 3 is 2.58 bits per heavy atom. The smallest absolute Gasteiger partial charge is 0.0457 e. The van der Waals surface area contributed by atoms with Gasteiger partial charge in [0.1, 0.15) is 0 Å². The van der Waals surface area contributed by atoms with Crippen LogP contribution in [0.1, 0.15) is 32.1 Å². The summed E-state index contributed by atoms with van der Waals surface area (Å²) in [6.07, 6.45) is 10.6. The number of hydrogen-bond acceptors (Lipinski definition) is 2. The molecule has 0 radical (unpaired) electrons. The van der Waals surface area contributed by atoms with Gasteiger partial charge in [-0.15, -0.1) is 0 Å². The summed E-state index contributed by atoms with van der Waals surface area (Å²) in [5, 5.41) is 0. The third-order valence-electron chi connectivity index (χ3n) is 2.36. The Morgan fingerprint density at radius 1 is 1.33 bits per heavy atom. The first-order valence-corrected chi connectivity index (χ1v) is 4.72. The van der Waals surface area contributed by atoms with Gasteiger partial charge < -0.3 is 5.73 Å². The molecule has 0 aromatic carbocycles. The number of hydrogen-bond donors (Lipinski definition) is 1. The zero-order valence-electron chi connectivity index (χ0n) is 7.79. The van der Waals surface area contributed by atoms with Gasteiger partial charge in [-0.25, -0.2) is 0 Å². The van der Waals surface area contributed by atoms with E-state index < -0.39 is 0 Å². The molecular formula is C10H18N2. The lowest BCUT2D eigenvalue weighted by molar-refractivity contribution is 0.418. The Morgan fingerprint density at radius 2 is 2.00 bits per heavy atom. The van der Waals surface area contributed by atoms with Crippen LogP contribution in [0.2, 0.25) is 0 Å². The fourth-order valence-corrected chi connectivity index (χ4v) is 1.77. The van der Waals surface area contributed by atoms with Crippen molar-refractivity contribution >= 4 is 6.21 Å². The molecule has 0 spiro atoms. The molecule has 0 heterocycles. The Kier molecular flexibility index (Phi) is 3.85. The van der Waals surface area contributed by atoms with Gasteiger partial charge in [-0.05, 0) is 18.8 Å². The Hall–Kier alpha value is -0.790. The number of nitrogens with two attached hydrogens (primary N) is 1. The van der Waals surface area contributed by atoms with Gasteiger partial charge in [-0.2, -0.15) is 0 Å². The third kappa shape index (κ3) is 3.07. The quantitative estimate of drug-likeness (QED) is 0.627. The summed E-state index contributed by atoms with van der Waals surface area (Å²) >= 11 is 0. The highest BCUT2D eigenvalue weighted by Gasteiger charge is 2.10. The zero-order chi connectivity index (χ0) is 8.81. The van der Waals surface area contributed by atoms with E-state index in [0.717, 1.165) is 5.70 Å². The summed E-state index contributed by atoms with van der Waals surface area (Å²) in [5.41, 5.74) is 6.55. The van der Waals surface area contributed by atoms with Crippen molar-refractivity contribution in [2.75, 3.05) is 7.05 Å². The first-order chi connectivity index (χ1) is 5.83. The van der Waals surface area contributed by atoms with Gasteiger partial charge in [0.25, 0.3) is 0 Å². The van der Waals surface area contributed by atoms with Crippen LogP contribution in [0.15, 0.2) is 16.8 Å². The summed E-state index contributed by atoms with van der Waals surface area (Å²) in [6.45, 7) is 0. The highest BCUT2D eigenvalue weighted by Crippen LogP contribution is 2.24. The number of nitrogens with zero attached hydrogens (tertiary/aromatic N) is 1. The van der Waals surface area contributed by atoms with Gasteiger partial charge >= 0.3 is 0 Å². The average Bonchev–Trinajstić information content (AvgIpc) is 2.06. The first kappa shape index (κ1) is 9.30. The molecule has 1 aliphatic rings. The molecule has 0 aliphatic heterocycles. The highest BCUT2D eigenvalue weighted by atomic mass is 14.7. The van der Waals surface area contributed by atoms with Gasteiger partial charge in [0, 0.05) is 19.0 Å². The van der Waals surface area contributed by atoms with Gasteiger partial charge in [0.05, 0.1) is 0 Å². The molecule has 0 saturated heterocycles. The molecular weight excluding hydrogens is 148 g/mol. The topological polar surface area (TPSA) is 38.4 Å². The van der Waals surface area contributed by atoms with Crippen LogP contribution in [0, 0.1) is 5.92 Å². The Labute approximate surface area is 74.6 Å². The number of aliphatic imine (C=N–C) groups is 1. The minimum Gasteiger partial charge on any atom is -0.398 e. The van der Waals surface area contributed by atoms with Crippen LogP contribution in [0.3, 0.4) is 0 Å². The molecule has 2 heteroatoms. The van der Waals surface area contributed by atoms with E-state index in [1.165, 1.54) is 32.1 Å². The van der Waals surface area contributed by atoms with E-state index in [0.29, 0.717) is 5.92 Å². The molecule has 0 aromatic heterocycles. The van der Waals surface area contributed by atoms with E-state index in [9.17, 15) is 0 Å². The van der Waals surface area contributed by atoms with E-state index in [1.807, 2.05) is 0 Å². The largest absolute Gasteiger partial charge is 0.398 e. The van der Waals surface area contributed by atoms with Crippen LogP contribution in [-0.2, 0) is 0 Å². The first-order valence-electron chi connectivity index (χ1n) is 4.72. The van der Waals surface area contributed by atoms with Crippen LogP contribution in [0.4, 0.5) is 0 Å². The molecule has 0 bridgehead atoms. The van der Waals surface area contributed by atoms with E-state index in [4.69, 9.17) is 5.73 Å². The van der Waals surface area contributed by atoms with Crippen LogP contribution in [-0.4, -0.2) is 13.3 Å². The second-order valence-corrected chi connectivity index (χ2v) is 3.45. The predicted octanol–water partition coefficient (Wildman–Crippen LogP) is 2.11. The fraction of sp³-hybridized carbons (Fsp3) is 0.700. The molecule has 0 amide bonds. The van der Waals surface area contributed by atoms with Gasteiger partial charge in [0.15, 0.2) is 0 Å². The maximum absolute atomic E-state index is 5.73. The highest BCUT2D eigenvalue weighted by molar-refractivity contribution is 5.76. The molecule has 0 atom stereocenters. The molecule has 68 valence electrons. The third-order valence-corrected chi connectivity index (χ3v) is 2.36. The van der Waals surface area contributed by atoms with Crippen molar-refractivity contribution in [3.05, 3.63) is 11.8 Å². The van der Waals surface area contributed by atoms with Crippen LogP contribution >= 0.6 is 0 Å². The van der Waals surface area contributed by atoms with E-state index >= 15 is 0 Å². The summed E-state index contributed by atoms with van der Waals surface area (Å²) in [6, 6.07) is 0. The molecule has 1 rings (SSSR count). The van der Waals surface area contributed by atoms with Gasteiger partial charge in [0.2, 0.25) is 0 Å². The summed E-state index contributed by atoms with van der Waals surface area (Å²) in [4.78, 5) is 3.88. The maximum Gasteiger partial charge on any atom is 0.0457 e. The second-order valence-electron chi connectivity index (χ2n) is 3.45. The van der Waals surface area contributed by atoms with E-state index in [-0.39, 0.29) is 0 Å². The van der Waals surface area contributed by atoms with Crippen molar-refractivity contribution in [3.8, 4) is 0 Å². The Bertz CT molecular complexity index is 176. The molecule has 1 aliphatic carbocycles. The predicted molar refractivity (Wildman–Crippen MR) is 53.3 cm³/mol. The maximum atomic E-state index is 5.73. The van der Waals surface area contributed by atoms with Crippen molar-refractivity contribution in [2.24, 2.45) is 16.6 Å². The number of rotatable bonds is 2. The van der Waals surface area contributed by atoms with Crippen molar-refractivity contribution in [1.82, 2.24) is 0 Å². The molecule has 2 N–H and O–H groups in total. The lowest BCUT2D eigenvalue weighted by atomic mass is 9.89.